The fourth-order valence-electron chi connectivity index (χ4n) is 2.46. The minimum Gasteiger partial charge on any atom is -0.387 e. The smallest absolute Gasteiger partial charge is 0.243 e. The number of hydrogen-bond donors (Lipinski definition) is 1. The molecule has 0 aromatic heterocycles. The van der Waals surface area contributed by atoms with E-state index in [9.17, 15) is 13.5 Å². The van der Waals surface area contributed by atoms with E-state index < -0.39 is 16.1 Å². The van der Waals surface area contributed by atoms with Gasteiger partial charge in [-0.15, -0.1) is 0 Å². The fourth-order valence-corrected chi connectivity index (χ4v) is 4.14. The molecule has 5 heteroatoms. The van der Waals surface area contributed by atoms with E-state index in [1.165, 1.54) is 4.31 Å². The lowest BCUT2D eigenvalue weighted by molar-refractivity contribution is 0.136. The van der Waals surface area contributed by atoms with Crippen molar-refractivity contribution in [3.63, 3.8) is 0 Å². The largest absolute Gasteiger partial charge is 0.387 e. The quantitative estimate of drug-likeness (QED) is 0.919. The molecule has 0 radical (unpaired) electrons. The Morgan fingerprint density at radius 2 is 1.70 bits per heavy atom. The highest BCUT2D eigenvalue weighted by Crippen LogP contribution is 2.32. The number of sulfonamides is 1. The zero-order valence-corrected chi connectivity index (χ0v) is 11.6. The molecule has 0 aliphatic carbocycles. The van der Waals surface area contributed by atoms with Crippen molar-refractivity contribution in [1.29, 1.82) is 0 Å². The van der Waals surface area contributed by atoms with E-state index in [0.29, 0.717) is 5.56 Å². The molecule has 4 nitrogen and oxygen atoms in total. The molecule has 0 saturated heterocycles. The molecule has 20 heavy (non-hydrogen) atoms. The Morgan fingerprint density at radius 3 is 2.45 bits per heavy atom. The third kappa shape index (κ3) is 2.24. The van der Waals surface area contributed by atoms with Gasteiger partial charge in [0.15, 0.2) is 0 Å². The normalized spacial score (nSPS) is 21.4. The first-order valence-corrected chi connectivity index (χ1v) is 7.84. The molecule has 0 fully saturated rings. The van der Waals surface area contributed by atoms with Gasteiger partial charge in [-0.1, -0.05) is 48.5 Å². The van der Waals surface area contributed by atoms with E-state index in [1.54, 1.807) is 24.3 Å². The van der Waals surface area contributed by atoms with Crippen molar-refractivity contribution in [3.05, 3.63) is 65.7 Å². The Morgan fingerprint density at radius 1 is 1.05 bits per heavy atom. The first kappa shape index (κ1) is 13.3. The van der Waals surface area contributed by atoms with Gasteiger partial charge in [-0.05, 0) is 11.6 Å². The van der Waals surface area contributed by atoms with E-state index in [-0.39, 0.29) is 18.0 Å². The molecule has 2 aromatic rings. The van der Waals surface area contributed by atoms with Crippen LogP contribution in [0, 0.1) is 0 Å². The summed E-state index contributed by atoms with van der Waals surface area (Å²) in [5.74, 6) is 0. The predicted molar refractivity (Wildman–Crippen MR) is 75.4 cm³/mol. The first-order valence-electron chi connectivity index (χ1n) is 6.40. The van der Waals surface area contributed by atoms with Crippen LogP contribution in [0.1, 0.15) is 17.2 Å². The molecule has 0 amide bonds. The number of nitrogens with zero attached hydrogens (tertiary/aromatic N) is 1. The molecule has 3 rings (SSSR count). The van der Waals surface area contributed by atoms with Gasteiger partial charge in [-0.2, -0.15) is 4.31 Å². The van der Waals surface area contributed by atoms with Crippen LogP contribution in [0.4, 0.5) is 0 Å². The van der Waals surface area contributed by atoms with Crippen LogP contribution in [0.2, 0.25) is 0 Å². The van der Waals surface area contributed by atoms with Crippen molar-refractivity contribution in [2.24, 2.45) is 0 Å². The highest BCUT2D eigenvalue weighted by Gasteiger charge is 2.35. The maximum atomic E-state index is 12.6. The monoisotopic (exact) mass is 289 g/mol. The minimum atomic E-state index is -3.54. The molecular weight excluding hydrogens is 274 g/mol. The molecular formula is C15H15NO3S. The number of rotatable bonds is 2. The molecule has 1 atom stereocenters. The second-order valence-electron chi connectivity index (χ2n) is 4.84. The summed E-state index contributed by atoms with van der Waals surface area (Å²) in [6.45, 7) is 0.364. The molecule has 0 saturated carbocycles. The molecule has 1 aliphatic rings. The summed E-state index contributed by atoms with van der Waals surface area (Å²) >= 11 is 0. The summed E-state index contributed by atoms with van der Waals surface area (Å²) in [5, 5.41) is 10.1. The van der Waals surface area contributed by atoms with Crippen LogP contribution in [0.5, 0.6) is 0 Å². The molecule has 104 valence electrons. The lowest BCUT2D eigenvalue weighted by Gasteiger charge is -2.31. The van der Waals surface area contributed by atoms with E-state index in [1.807, 2.05) is 30.3 Å². The van der Waals surface area contributed by atoms with Crippen LogP contribution >= 0.6 is 0 Å². The van der Waals surface area contributed by atoms with Crippen LogP contribution in [-0.4, -0.2) is 24.4 Å². The summed E-state index contributed by atoms with van der Waals surface area (Å²) < 4.78 is 26.5. The molecule has 1 unspecified atom stereocenters. The Hall–Kier alpha value is -1.69. The van der Waals surface area contributed by atoms with Gasteiger partial charge >= 0.3 is 0 Å². The molecule has 0 bridgehead atoms. The van der Waals surface area contributed by atoms with Crippen molar-refractivity contribution in [3.8, 4) is 0 Å². The number of hydrogen-bond acceptors (Lipinski definition) is 3. The summed E-state index contributed by atoms with van der Waals surface area (Å²) in [7, 11) is -3.54. The number of aliphatic hydroxyl groups excluding tert-OH is 1. The van der Waals surface area contributed by atoms with Gasteiger partial charge in [0, 0.05) is 18.7 Å². The van der Waals surface area contributed by atoms with Crippen LogP contribution in [0.15, 0.2) is 59.5 Å². The van der Waals surface area contributed by atoms with Crippen LogP contribution < -0.4 is 0 Å². The minimum absolute atomic E-state index is 0.0915. The topological polar surface area (TPSA) is 57.6 Å². The van der Waals surface area contributed by atoms with E-state index in [0.717, 1.165) is 5.56 Å². The maximum absolute atomic E-state index is 12.6. The fraction of sp³-hybridized carbons (Fsp3) is 0.200. The standard InChI is InChI=1S/C15H15NO3S/c17-14-11-16(10-12-6-2-1-3-7-12)20(18,19)15-9-5-4-8-13(14)15/h1-9,14,17H,10-11H2. The van der Waals surface area contributed by atoms with Gasteiger partial charge in [0.2, 0.25) is 10.0 Å². The van der Waals surface area contributed by atoms with Crippen molar-refractivity contribution in [1.82, 2.24) is 4.31 Å². The predicted octanol–water partition coefficient (Wildman–Crippen LogP) is 1.92. The van der Waals surface area contributed by atoms with Crippen molar-refractivity contribution >= 4 is 10.0 Å². The molecule has 1 N–H and O–H groups in total. The Labute approximate surface area is 118 Å². The van der Waals surface area contributed by atoms with Crippen molar-refractivity contribution in [2.45, 2.75) is 17.5 Å². The average molecular weight is 289 g/mol. The molecule has 1 heterocycles. The van der Waals surface area contributed by atoms with Crippen molar-refractivity contribution in [2.75, 3.05) is 6.54 Å². The van der Waals surface area contributed by atoms with Gasteiger partial charge in [0.25, 0.3) is 0 Å². The van der Waals surface area contributed by atoms with E-state index >= 15 is 0 Å². The highest BCUT2D eigenvalue weighted by molar-refractivity contribution is 7.89. The summed E-state index contributed by atoms with van der Waals surface area (Å²) in [5.41, 5.74) is 1.39. The van der Waals surface area contributed by atoms with E-state index in [2.05, 4.69) is 0 Å². The van der Waals surface area contributed by atoms with Crippen LogP contribution in [0.25, 0.3) is 0 Å². The summed E-state index contributed by atoms with van der Waals surface area (Å²) in [4.78, 5) is 0.203. The average Bonchev–Trinajstić information content (AvgIpc) is 2.46. The molecule has 0 spiro atoms. The molecule has 1 aliphatic heterocycles. The maximum Gasteiger partial charge on any atom is 0.243 e. The van der Waals surface area contributed by atoms with E-state index in [4.69, 9.17) is 0 Å². The highest BCUT2D eigenvalue weighted by atomic mass is 32.2. The Balaban J connectivity index is 1.99. The zero-order chi connectivity index (χ0) is 14.2. The summed E-state index contributed by atoms with van der Waals surface area (Å²) in [6.07, 6.45) is -0.779. The third-order valence-electron chi connectivity index (χ3n) is 3.47. The Kier molecular flexibility index (Phi) is 3.33. The third-order valence-corrected chi connectivity index (χ3v) is 5.36. The Bertz CT molecular complexity index is 713. The van der Waals surface area contributed by atoms with Gasteiger partial charge in [-0.25, -0.2) is 8.42 Å². The van der Waals surface area contributed by atoms with Gasteiger partial charge in [0.1, 0.15) is 0 Å². The van der Waals surface area contributed by atoms with Gasteiger partial charge < -0.3 is 5.11 Å². The second-order valence-corrected chi connectivity index (χ2v) is 6.74. The van der Waals surface area contributed by atoms with Gasteiger partial charge in [0.05, 0.1) is 11.0 Å². The lowest BCUT2D eigenvalue weighted by Crippen LogP contribution is -2.39. The zero-order valence-electron chi connectivity index (χ0n) is 10.8. The second kappa shape index (κ2) is 5.01. The van der Waals surface area contributed by atoms with Crippen LogP contribution in [0.3, 0.4) is 0 Å². The van der Waals surface area contributed by atoms with Gasteiger partial charge in [-0.3, -0.25) is 0 Å². The molecule has 2 aromatic carbocycles. The number of benzene rings is 2. The van der Waals surface area contributed by atoms with Crippen molar-refractivity contribution < 1.29 is 13.5 Å². The number of β-amino-alcohol motifs (C(OH)–C–C–N with tert-alkyl or cyclic N) is 1. The first-order chi connectivity index (χ1) is 9.59. The SMILES string of the molecule is O=S1(=O)c2ccccc2C(O)CN1Cc1ccccc1. The van der Waals surface area contributed by atoms with Crippen LogP contribution in [-0.2, 0) is 16.6 Å². The number of fused-ring (bicyclic) bond motifs is 1. The summed E-state index contributed by atoms with van der Waals surface area (Å²) in [6, 6.07) is 16.0. The number of aliphatic hydroxyl groups is 1. The lowest BCUT2D eigenvalue weighted by atomic mass is 10.1.